The van der Waals surface area contributed by atoms with Crippen molar-refractivity contribution < 1.29 is 0 Å². The third kappa shape index (κ3) is 51.4. The molecule has 0 fully saturated rings. The number of hydrogen-bond acceptors (Lipinski definition) is 0. The Hall–Kier alpha value is -0.520. The Kier molecular flexibility index (Phi) is 42.3. The predicted molar refractivity (Wildman–Crippen MR) is 66.2 cm³/mol. The van der Waals surface area contributed by atoms with Crippen LogP contribution in [0, 0.1) is 0 Å². The first-order valence-electron chi connectivity index (χ1n) is 5.40. The molecular formula is C13H28. The highest BCUT2D eigenvalue weighted by atomic mass is 13.9. The molecule has 0 unspecified atom stereocenters. The van der Waals surface area contributed by atoms with E-state index < -0.39 is 0 Å². The van der Waals surface area contributed by atoms with Crippen molar-refractivity contribution in [3.8, 4) is 0 Å². The van der Waals surface area contributed by atoms with Gasteiger partial charge in [-0.05, 0) is 6.92 Å². The van der Waals surface area contributed by atoms with Gasteiger partial charge in [0.15, 0.2) is 0 Å². The maximum absolute atomic E-state index is 3.36. The minimum atomic E-state index is 1.36. The van der Waals surface area contributed by atoms with Crippen LogP contribution in [0.1, 0.15) is 59.3 Å². The minimum Gasteiger partial charge on any atom is -0.106 e. The highest BCUT2D eigenvalue weighted by Crippen LogP contribution is 2.03. The molecular weight excluding hydrogens is 156 g/mol. The molecule has 0 rings (SSSR count). The zero-order valence-electron chi connectivity index (χ0n) is 9.94. The molecule has 0 bridgehead atoms. The smallest absolute Gasteiger partial charge is 0.0473 e. The van der Waals surface area contributed by atoms with Gasteiger partial charge in [0, 0.05) is 0 Å². The largest absolute Gasteiger partial charge is 0.106 e. The monoisotopic (exact) mass is 184 g/mol. The van der Waals surface area contributed by atoms with Gasteiger partial charge >= 0.3 is 0 Å². The lowest BCUT2D eigenvalue weighted by atomic mass is 10.1. The van der Waals surface area contributed by atoms with Crippen LogP contribution in [-0.2, 0) is 0 Å². The Morgan fingerprint density at radius 1 is 0.846 bits per heavy atom. The molecule has 0 aliphatic heterocycles. The minimum absolute atomic E-state index is 1.36. The number of allylic oxidation sites excluding steroid dienone is 1. The fourth-order valence-electron chi connectivity index (χ4n) is 0.854. The van der Waals surface area contributed by atoms with Gasteiger partial charge in [-0.25, -0.2) is 0 Å². The van der Waals surface area contributed by atoms with E-state index in [4.69, 9.17) is 0 Å². The van der Waals surface area contributed by atoms with Crippen LogP contribution in [0.5, 0.6) is 0 Å². The first-order chi connectivity index (χ1) is 6.33. The quantitative estimate of drug-likeness (QED) is 0.398. The zero-order valence-corrected chi connectivity index (χ0v) is 9.94. The molecule has 0 N–H and O–H groups in total. The van der Waals surface area contributed by atoms with E-state index in [1.54, 1.807) is 6.08 Å². The van der Waals surface area contributed by atoms with Gasteiger partial charge < -0.3 is 0 Å². The molecule has 0 aromatic carbocycles. The van der Waals surface area contributed by atoms with Crippen LogP contribution in [0.2, 0.25) is 0 Å². The summed E-state index contributed by atoms with van der Waals surface area (Å²) in [6.07, 6.45) is 10.2. The fraction of sp³-hybridized carbons (Fsp3) is 0.692. The molecule has 0 aliphatic carbocycles. The van der Waals surface area contributed by atoms with Gasteiger partial charge in [0.2, 0.25) is 0 Å². The van der Waals surface area contributed by atoms with Crippen molar-refractivity contribution in [2.45, 2.75) is 59.3 Å². The summed E-state index contributed by atoms with van der Waals surface area (Å²) in [7, 11) is 0. The summed E-state index contributed by atoms with van der Waals surface area (Å²) in [5.74, 6) is 0. The van der Waals surface area contributed by atoms with Crippen molar-refractivity contribution in [3.63, 3.8) is 0 Å². The van der Waals surface area contributed by atoms with Crippen molar-refractivity contribution in [2.75, 3.05) is 0 Å². The van der Waals surface area contributed by atoms with Crippen LogP contribution in [0.4, 0.5) is 0 Å². The SMILES string of the molecule is C=C.C=CC.CCCCCCCC. The molecule has 0 heterocycles. The van der Waals surface area contributed by atoms with E-state index in [0.717, 1.165) is 0 Å². The van der Waals surface area contributed by atoms with Crippen molar-refractivity contribution >= 4 is 0 Å². The van der Waals surface area contributed by atoms with Crippen LogP contribution in [-0.4, -0.2) is 0 Å². The van der Waals surface area contributed by atoms with Gasteiger partial charge in [-0.15, -0.1) is 19.7 Å². The van der Waals surface area contributed by atoms with Gasteiger partial charge in [0.1, 0.15) is 0 Å². The van der Waals surface area contributed by atoms with Crippen molar-refractivity contribution in [2.24, 2.45) is 0 Å². The van der Waals surface area contributed by atoms with Crippen molar-refractivity contribution in [1.29, 1.82) is 0 Å². The maximum Gasteiger partial charge on any atom is -0.0473 e. The summed E-state index contributed by atoms with van der Waals surface area (Å²) < 4.78 is 0. The highest BCUT2D eigenvalue weighted by Gasteiger charge is 1.83. The predicted octanol–water partition coefficient (Wildman–Crippen LogP) is 5.36. The average Bonchev–Trinajstić information content (AvgIpc) is 2.17. The molecule has 0 atom stereocenters. The van der Waals surface area contributed by atoms with E-state index in [9.17, 15) is 0 Å². The van der Waals surface area contributed by atoms with E-state index in [2.05, 4.69) is 33.6 Å². The molecule has 0 aliphatic rings. The lowest BCUT2D eigenvalue weighted by Crippen LogP contribution is -1.73. The van der Waals surface area contributed by atoms with E-state index in [-0.39, 0.29) is 0 Å². The third-order valence-corrected chi connectivity index (χ3v) is 1.46. The summed E-state index contributed by atoms with van der Waals surface area (Å²) >= 11 is 0. The van der Waals surface area contributed by atoms with Crippen LogP contribution in [0.25, 0.3) is 0 Å². The van der Waals surface area contributed by atoms with E-state index in [0.29, 0.717) is 0 Å². The fourth-order valence-corrected chi connectivity index (χ4v) is 0.854. The molecule has 80 valence electrons. The molecule has 0 nitrogen and oxygen atoms in total. The summed E-state index contributed by atoms with van der Waals surface area (Å²) in [4.78, 5) is 0. The first kappa shape index (κ1) is 18.3. The number of hydrogen-bond donors (Lipinski definition) is 0. The Bertz CT molecular complexity index is 58.4. The van der Waals surface area contributed by atoms with Gasteiger partial charge in [0.25, 0.3) is 0 Å². The summed E-state index contributed by atoms with van der Waals surface area (Å²) in [5, 5.41) is 0. The first-order valence-corrected chi connectivity index (χ1v) is 5.40. The van der Waals surface area contributed by atoms with Crippen LogP contribution >= 0.6 is 0 Å². The van der Waals surface area contributed by atoms with Gasteiger partial charge in [-0.2, -0.15) is 0 Å². The van der Waals surface area contributed by atoms with Gasteiger partial charge in [-0.1, -0.05) is 58.4 Å². The normalized spacial score (nSPS) is 7.31. The second-order valence-corrected chi connectivity index (χ2v) is 2.82. The molecule has 0 amide bonds. The van der Waals surface area contributed by atoms with Crippen molar-refractivity contribution in [3.05, 3.63) is 25.8 Å². The van der Waals surface area contributed by atoms with Gasteiger partial charge in [0.05, 0.1) is 0 Å². The lowest BCUT2D eigenvalue weighted by molar-refractivity contribution is 0.624. The maximum atomic E-state index is 3.36. The molecule has 0 heteroatoms. The van der Waals surface area contributed by atoms with Crippen LogP contribution < -0.4 is 0 Å². The highest BCUT2D eigenvalue weighted by molar-refractivity contribution is 4.51. The Morgan fingerprint density at radius 2 is 1.08 bits per heavy atom. The van der Waals surface area contributed by atoms with Gasteiger partial charge in [-0.3, -0.25) is 0 Å². The standard InChI is InChI=1S/C8H18.C3H6.C2H4/c1-3-5-7-8-6-4-2;1-3-2;1-2/h3-8H2,1-2H3;3H,1H2,2H3;1-2H2. The zero-order chi connectivity index (χ0) is 10.9. The Balaban J connectivity index is -0.000000169. The summed E-state index contributed by atoms with van der Waals surface area (Å²) in [6, 6.07) is 0. The molecule has 0 saturated heterocycles. The van der Waals surface area contributed by atoms with Crippen LogP contribution in [0.15, 0.2) is 25.8 Å². The second-order valence-electron chi connectivity index (χ2n) is 2.82. The molecule has 0 aromatic rings. The van der Waals surface area contributed by atoms with E-state index >= 15 is 0 Å². The molecule has 13 heavy (non-hydrogen) atoms. The van der Waals surface area contributed by atoms with E-state index in [1.807, 2.05) is 6.92 Å². The number of unbranched alkanes of at least 4 members (excludes halogenated alkanes) is 5. The topological polar surface area (TPSA) is 0 Å². The summed E-state index contributed by atoms with van der Waals surface area (Å²) in [5.41, 5.74) is 0. The summed E-state index contributed by atoms with van der Waals surface area (Å²) in [6.45, 7) is 15.8. The Labute approximate surface area is 85.8 Å². The molecule has 0 radical (unpaired) electrons. The van der Waals surface area contributed by atoms with E-state index in [1.165, 1.54) is 38.5 Å². The molecule has 0 saturated carbocycles. The Morgan fingerprint density at radius 3 is 1.23 bits per heavy atom. The average molecular weight is 184 g/mol. The van der Waals surface area contributed by atoms with Crippen molar-refractivity contribution in [1.82, 2.24) is 0 Å². The number of rotatable bonds is 5. The van der Waals surface area contributed by atoms with Crippen LogP contribution in [0.3, 0.4) is 0 Å². The third-order valence-electron chi connectivity index (χ3n) is 1.46. The molecule has 0 aromatic heterocycles. The lowest BCUT2D eigenvalue weighted by Gasteiger charge is -1.93. The molecule has 0 spiro atoms. The second kappa shape index (κ2) is 30.0.